The number of benzene rings is 2. The molecule has 0 N–H and O–H groups in total. The van der Waals surface area contributed by atoms with Crippen LogP contribution in [0.2, 0.25) is 5.02 Å². The summed E-state index contributed by atoms with van der Waals surface area (Å²) in [4.78, 5) is 9.07. The Balaban J connectivity index is 1.95. The van der Waals surface area contributed by atoms with E-state index in [1.807, 2.05) is 19.1 Å². The average molecular weight is 455 g/mol. The van der Waals surface area contributed by atoms with Crippen molar-refractivity contribution < 1.29 is 18.6 Å². The lowest BCUT2D eigenvalue weighted by molar-refractivity contribution is 0.328. The fraction of sp³-hybridized carbons (Fsp3) is 0.174. The summed E-state index contributed by atoms with van der Waals surface area (Å²) in [5.74, 6) is 1.68. The lowest BCUT2D eigenvalue weighted by Crippen LogP contribution is -2.05. The summed E-state index contributed by atoms with van der Waals surface area (Å²) in [5, 5.41) is 5.11. The van der Waals surface area contributed by atoms with Crippen molar-refractivity contribution in [3.8, 4) is 45.8 Å². The quantitative estimate of drug-likeness (QED) is 0.382. The van der Waals surface area contributed by atoms with Crippen LogP contribution in [0.3, 0.4) is 0 Å². The van der Waals surface area contributed by atoms with Gasteiger partial charge in [-0.05, 0) is 49.4 Å². The van der Waals surface area contributed by atoms with Gasteiger partial charge in [0.15, 0.2) is 11.6 Å². The molecule has 2 aromatic carbocycles. The van der Waals surface area contributed by atoms with Crippen molar-refractivity contribution in [3.05, 3.63) is 65.6 Å². The van der Waals surface area contributed by atoms with Crippen LogP contribution >= 0.6 is 11.6 Å². The third-order valence-electron chi connectivity index (χ3n) is 4.68. The van der Waals surface area contributed by atoms with E-state index < -0.39 is 5.82 Å². The van der Waals surface area contributed by atoms with Gasteiger partial charge in [-0.25, -0.2) is 19.0 Å². The van der Waals surface area contributed by atoms with Crippen molar-refractivity contribution in [1.29, 1.82) is 0 Å². The van der Waals surface area contributed by atoms with Gasteiger partial charge in [-0.1, -0.05) is 11.6 Å². The number of halogens is 2. The van der Waals surface area contributed by atoms with Crippen molar-refractivity contribution >= 4 is 11.6 Å². The molecule has 0 unspecified atom stereocenters. The number of hydrogen-bond donors (Lipinski definition) is 0. The number of aromatic nitrogens is 4. The second-order valence-corrected chi connectivity index (χ2v) is 7.03. The lowest BCUT2D eigenvalue weighted by Gasteiger charge is -2.12. The summed E-state index contributed by atoms with van der Waals surface area (Å²) in [6.07, 6.45) is 1.64. The molecule has 164 valence electrons. The SMILES string of the molecule is CCOc1ncccc1-c1nc(-c2ccc(OC)c(Cl)c2)nn1-c1ccc(F)cc1OC. The molecule has 32 heavy (non-hydrogen) atoms. The van der Waals surface area contributed by atoms with Gasteiger partial charge in [0.25, 0.3) is 0 Å². The minimum Gasteiger partial charge on any atom is -0.495 e. The fourth-order valence-electron chi connectivity index (χ4n) is 3.22. The van der Waals surface area contributed by atoms with E-state index in [1.165, 1.54) is 19.2 Å². The highest BCUT2D eigenvalue weighted by Gasteiger charge is 2.21. The smallest absolute Gasteiger partial charge is 0.224 e. The van der Waals surface area contributed by atoms with Crippen LogP contribution in [0.15, 0.2) is 54.7 Å². The highest BCUT2D eigenvalue weighted by Crippen LogP contribution is 2.35. The zero-order chi connectivity index (χ0) is 22.7. The summed E-state index contributed by atoms with van der Waals surface area (Å²) in [7, 11) is 3.01. The molecule has 7 nitrogen and oxygen atoms in total. The van der Waals surface area contributed by atoms with Crippen LogP contribution < -0.4 is 14.2 Å². The number of rotatable bonds is 7. The first-order valence-corrected chi connectivity index (χ1v) is 10.2. The van der Waals surface area contributed by atoms with Crippen LogP contribution in [0.5, 0.6) is 17.4 Å². The van der Waals surface area contributed by atoms with Gasteiger partial charge in [-0.2, -0.15) is 0 Å². The van der Waals surface area contributed by atoms with E-state index in [0.29, 0.717) is 57.5 Å². The molecule has 4 aromatic rings. The lowest BCUT2D eigenvalue weighted by atomic mass is 10.2. The second kappa shape index (κ2) is 9.23. The molecule has 2 aromatic heterocycles. The molecule has 0 saturated carbocycles. The number of pyridine rings is 1. The minimum absolute atomic E-state index is 0.303. The molecule has 0 spiro atoms. The van der Waals surface area contributed by atoms with E-state index in [1.54, 1.807) is 42.3 Å². The minimum atomic E-state index is -0.425. The third kappa shape index (κ3) is 4.09. The Kier molecular flexibility index (Phi) is 6.23. The first-order chi connectivity index (χ1) is 15.5. The van der Waals surface area contributed by atoms with Gasteiger partial charge in [0.2, 0.25) is 5.88 Å². The van der Waals surface area contributed by atoms with E-state index in [9.17, 15) is 4.39 Å². The number of hydrogen-bond acceptors (Lipinski definition) is 6. The van der Waals surface area contributed by atoms with Gasteiger partial charge in [0.05, 0.1) is 31.4 Å². The molecule has 0 saturated heterocycles. The largest absolute Gasteiger partial charge is 0.495 e. The monoisotopic (exact) mass is 454 g/mol. The second-order valence-electron chi connectivity index (χ2n) is 6.63. The number of methoxy groups -OCH3 is 2. The zero-order valence-corrected chi connectivity index (χ0v) is 18.4. The zero-order valence-electron chi connectivity index (χ0n) is 17.7. The van der Waals surface area contributed by atoms with Gasteiger partial charge in [0, 0.05) is 17.8 Å². The third-order valence-corrected chi connectivity index (χ3v) is 4.98. The topological polar surface area (TPSA) is 71.3 Å². The number of ether oxygens (including phenoxy) is 3. The summed E-state index contributed by atoms with van der Waals surface area (Å²) < 4.78 is 31.8. The van der Waals surface area contributed by atoms with Crippen LogP contribution in [-0.2, 0) is 0 Å². The van der Waals surface area contributed by atoms with Crippen molar-refractivity contribution in [2.24, 2.45) is 0 Å². The van der Waals surface area contributed by atoms with Gasteiger partial charge in [-0.15, -0.1) is 5.10 Å². The van der Waals surface area contributed by atoms with Gasteiger partial charge in [-0.3, -0.25) is 0 Å². The molecule has 0 radical (unpaired) electrons. The maximum Gasteiger partial charge on any atom is 0.224 e. The Labute approximate surface area is 189 Å². The summed E-state index contributed by atoms with van der Waals surface area (Å²) in [6.45, 7) is 2.30. The molecule has 0 atom stereocenters. The maximum atomic E-state index is 13.8. The van der Waals surface area contributed by atoms with E-state index in [2.05, 4.69) is 10.1 Å². The summed E-state index contributed by atoms with van der Waals surface area (Å²) in [5.41, 5.74) is 1.81. The molecular formula is C23H20ClFN4O3. The van der Waals surface area contributed by atoms with Crippen molar-refractivity contribution in [1.82, 2.24) is 19.7 Å². The highest BCUT2D eigenvalue weighted by molar-refractivity contribution is 6.32. The Morgan fingerprint density at radius 1 is 1.03 bits per heavy atom. The predicted molar refractivity (Wildman–Crippen MR) is 119 cm³/mol. The van der Waals surface area contributed by atoms with Crippen LogP contribution in [0.25, 0.3) is 28.5 Å². The van der Waals surface area contributed by atoms with Crippen LogP contribution in [0.4, 0.5) is 4.39 Å². The average Bonchev–Trinajstić information content (AvgIpc) is 3.24. The Hall–Kier alpha value is -3.65. The van der Waals surface area contributed by atoms with Gasteiger partial charge >= 0.3 is 0 Å². The summed E-state index contributed by atoms with van der Waals surface area (Å²) in [6, 6.07) is 13.1. The first-order valence-electron chi connectivity index (χ1n) is 9.78. The number of nitrogens with zero attached hydrogens (tertiary/aromatic N) is 4. The Morgan fingerprint density at radius 2 is 1.84 bits per heavy atom. The maximum absolute atomic E-state index is 13.8. The van der Waals surface area contributed by atoms with Crippen molar-refractivity contribution in [2.45, 2.75) is 6.92 Å². The van der Waals surface area contributed by atoms with Crippen LogP contribution in [0, 0.1) is 5.82 Å². The van der Waals surface area contributed by atoms with E-state index in [0.717, 1.165) is 0 Å². The van der Waals surface area contributed by atoms with Gasteiger partial charge < -0.3 is 14.2 Å². The predicted octanol–water partition coefficient (Wildman–Crippen LogP) is 5.20. The first kappa shape index (κ1) is 21.6. The molecule has 2 heterocycles. The summed E-state index contributed by atoms with van der Waals surface area (Å²) >= 11 is 6.31. The molecule has 0 aliphatic heterocycles. The van der Waals surface area contributed by atoms with Crippen LogP contribution in [0.1, 0.15) is 6.92 Å². The van der Waals surface area contributed by atoms with Crippen molar-refractivity contribution in [3.63, 3.8) is 0 Å². The van der Waals surface area contributed by atoms with Crippen LogP contribution in [-0.4, -0.2) is 40.6 Å². The van der Waals surface area contributed by atoms with E-state index >= 15 is 0 Å². The standard InChI is InChI=1S/C23H20ClFN4O3/c1-4-32-23-16(6-5-11-26-23)22-27-21(14-7-10-19(30-2)17(24)12-14)28-29(22)18-9-8-15(25)13-20(18)31-3/h5-13H,4H2,1-3H3. The fourth-order valence-corrected chi connectivity index (χ4v) is 3.48. The van der Waals surface area contributed by atoms with E-state index in [4.69, 9.17) is 30.8 Å². The molecule has 0 bridgehead atoms. The van der Waals surface area contributed by atoms with Gasteiger partial charge in [0.1, 0.15) is 23.0 Å². The van der Waals surface area contributed by atoms with E-state index in [-0.39, 0.29) is 0 Å². The Bertz CT molecular complexity index is 1260. The normalized spacial score (nSPS) is 10.8. The molecule has 0 fully saturated rings. The molecule has 9 heteroatoms. The highest BCUT2D eigenvalue weighted by atomic mass is 35.5. The Morgan fingerprint density at radius 3 is 2.56 bits per heavy atom. The molecule has 0 aliphatic carbocycles. The molecule has 4 rings (SSSR count). The molecule has 0 amide bonds. The molecule has 0 aliphatic rings. The molecular weight excluding hydrogens is 435 g/mol. The van der Waals surface area contributed by atoms with Crippen molar-refractivity contribution in [2.75, 3.05) is 20.8 Å².